The zero-order valence-electron chi connectivity index (χ0n) is 19.3. The molecular formula is C28H27N3O3S. The molecule has 0 aromatic heterocycles. The van der Waals surface area contributed by atoms with E-state index in [9.17, 15) is 14.4 Å². The molecule has 178 valence electrons. The van der Waals surface area contributed by atoms with Crippen LogP contribution in [-0.2, 0) is 11.2 Å². The van der Waals surface area contributed by atoms with Crippen LogP contribution in [0.5, 0.6) is 0 Å². The van der Waals surface area contributed by atoms with Crippen LogP contribution >= 0.6 is 11.8 Å². The van der Waals surface area contributed by atoms with Gasteiger partial charge in [-0.2, -0.15) is 0 Å². The lowest BCUT2D eigenvalue weighted by molar-refractivity contribution is -0.128. The van der Waals surface area contributed by atoms with Crippen molar-refractivity contribution in [3.05, 3.63) is 114 Å². The molecule has 1 fully saturated rings. The summed E-state index contributed by atoms with van der Waals surface area (Å²) in [6.07, 6.45) is 2.39. The van der Waals surface area contributed by atoms with Crippen LogP contribution < -0.4 is 10.6 Å². The summed E-state index contributed by atoms with van der Waals surface area (Å²) in [7, 11) is 0. The van der Waals surface area contributed by atoms with Crippen molar-refractivity contribution in [1.29, 1.82) is 0 Å². The maximum atomic E-state index is 12.9. The average molecular weight is 486 g/mol. The lowest BCUT2D eigenvalue weighted by Crippen LogP contribution is -2.30. The normalized spacial score (nSPS) is 15.0. The highest BCUT2D eigenvalue weighted by Gasteiger charge is 2.32. The highest BCUT2D eigenvalue weighted by molar-refractivity contribution is 8.00. The van der Waals surface area contributed by atoms with Crippen LogP contribution in [0.1, 0.15) is 37.2 Å². The Kier molecular flexibility index (Phi) is 8.00. The number of thioether (sulfide) groups is 1. The van der Waals surface area contributed by atoms with Gasteiger partial charge < -0.3 is 15.5 Å². The first kappa shape index (κ1) is 24.3. The fourth-order valence-corrected chi connectivity index (χ4v) is 5.13. The fourth-order valence-electron chi connectivity index (χ4n) is 3.91. The fraction of sp³-hybridized carbons (Fsp3) is 0.179. The Morgan fingerprint density at radius 1 is 0.971 bits per heavy atom. The monoisotopic (exact) mass is 485 g/mol. The van der Waals surface area contributed by atoms with Crippen LogP contribution in [-0.4, -0.2) is 41.5 Å². The largest absolute Gasteiger partial charge is 0.349 e. The molecule has 3 amide bonds. The minimum absolute atomic E-state index is 0.0717. The second-order valence-electron chi connectivity index (χ2n) is 8.11. The zero-order valence-corrected chi connectivity index (χ0v) is 20.1. The van der Waals surface area contributed by atoms with Crippen molar-refractivity contribution >= 4 is 35.2 Å². The third-order valence-corrected chi connectivity index (χ3v) is 6.99. The topological polar surface area (TPSA) is 78.5 Å². The highest BCUT2D eigenvalue weighted by Crippen LogP contribution is 2.38. The molecule has 0 bridgehead atoms. The number of nitrogens with zero attached hydrogens (tertiary/aromatic N) is 1. The molecular weight excluding hydrogens is 458 g/mol. The van der Waals surface area contributed by atoms with E-state index < -0.39 is 0 Å². The molecule has 3 aromatic carbocycles. The third-order valence-electron chi connectivity index (χ3n) is 5.74. The van der Waals surface area contributed by atoms with Gasteiger partial charge >= 0.3 is 0 Å². The molecule has 0 radical (unpaired) electrons. The summed E-state index contributed by atoms with van der Waals surface area (Å²) in [6.45, 7) is 4.58. The van der Waals surface area contributed by atoms with Crippen molar-refractivity contribution in [1.82, 2.24) is 10.2 Å². The molecule has 0 spiro atoms. The van der Waals surface area contributed by atoms with Crippen molar-refractivity contribution in [2.45, 2.75) is 11.8 Å². The molecule has 3 aromatic rings. The van der Waals surface area contributed by atoms with Gasteiger partial charge in [0.1, 0.15) is 5.37 Å². The Balaban J connectivity index is 1.43. The van der Waals surface area contributed by atoms with Crippen molar-refractivity contribution in [3.8, 4) is 0 Å². The quantitative estimate of drug-likeness (QED) is 0.432. The van der Waals surface area contributed by atoms with E-state index >= 15 is 0 Å². The molecule has 4 rings (SSSR count). The number of rotatable bonds is 9. The minimum atomic E-state index is -0.309. The number of benzene rings is 3. The Hall–Kier alpha value is -3.84. The van der Waals surface area contributed by atoms with Crippen LogP contribution in [0.2, 0.25) is 0 Å². The number of hydrogen-bond donors (Lipinski definition) is 2. The van der Waals surface area contributed by atoms with Crippen molar-refractivity contribution in [3.63, 3.8) is 0 Å². The maximum absolute atomic E-state index is 12.9. The molecule has 1 aliphatic heterocycles. The van der Waals surface area contributed by atoms with E-state index in [0.717, 1.165) is 12.0 Å². The Morgan fingerprint density at radius 2 is 1.69 bits per heavy atom. The van der Waals surface area contributed by atoms with E-state index in [1.54, 1.807) is 54.2 Å². The molecule has 0 aliphatic carbocycles. The van der Waals surface area contributed by atoms with Crippen LogP contribution in [0.25, 0.3) is 0 Å². The molecule has 1 aliphatic rings. The van der Waals surface area contributed by atoms with E-state index in [0.29, 0.717) is 35.7 Å². The summed E-state index contributed by atoms with van der Waals surface area (Å²) in [4.78, 5) is 39.7. The van der Waals surface area contributed by atoms with Crippen molar-refractivity contribution in [2.75, 3.05) is 24.2 Å². The number of hydrogen-bond acceptors (Lipinski definition) is 4. The molecule has 6 nitrogen and oxygen atoms in total. The van der Waals surface area contributed by atoms with Crippen LogP contribution in [0.3, 0.4) is 0 Å². The summed E-state index contributed by atoms with van der Waals surface area (Å²) < 4.78 is 0. The minimum Gasteiger partial charge on any atom is -0.349 e. The van der Waals surface area contributed by atoms with Crippen LogP contribution in [0.4, 0.5) is 5.69 Å². The number of nitrogens with one attached hydrogen (secondary N) is 2. The van der Waals surface area contributed by atoms with E-state index in [-0.39, 0.29) is 23.1 Å². The van der Waals surface area contributed by atoms with E-state index in [1.807, 2.05) is 35.2 Å². The summed E-state index contributed by atoms with van der Waals surface area (Å²) in [5.74, 6) is -0.0118. The Labute approximate surface area is 209 Å². The molecule has 0 saturated carbocycles. The molecule has 1 heterocycles. The van der Waals surface area contributed by atoms with Gasteiger partial charge in [-0.25, -0.2) is 0 Å². The van der Waals surface area contributed by atoms with E-state index in [1.165, 1.54) is 5.56 Å². The number of amides is 3. The molecule has 1 atom stereocenters. The molecule has 0 unspecified atom stereocenters. The Bertz CT molecular complexity index is 1210. The Morgan fingerprint density at radius 3 is 2.43 bits per heavy atom. The van der Waals surface area contributed by atoms with Crippen LogP contribution in [0, 0.1) is 0 Å². The van der Waals surface area contributed by atoms with Crippen molar-refractivity contribution < 1.29 is 14.4 Å². The number of carbonyl (C=O) groups excluding carboxylic acids is 3. The first-order valence-electron chi connectivity index (χ1n) is 11.4. The standard InChI is InChI=1S/C28H27N3O3S/c1-2-17-29-27(34)23-10-6-7-11-24(23)30-26(33)21-12-14-22(15-13-21)28-31(25(32)19-35-28)18-16-20-8-4-3-5-9-20/h2-15,28H,1,16-19H2,(H,29,34)(H,30,33)/t28-/m1/s1. The lowest BCUT2D eigenvalue weighted by Gasteiger charge is -2.24. The van der Waals surface area contributed by atoms with Gasteiger partial charge in [-0.15, -0.1) is 18.3 Å². The van der Waals surface area contributed by atoms with Gasteiger partial charge in [0.2, 0.25) is 5.91 Å². The van der Waals surface area contributed by atoms with Crippen LogP contribution in [0.15, 0.2) is 91.5 Å². The first-order valence-corrected chi connectivity index (χ1v) is 12.5. The van der Waals surface area contributed by atoms with E-state index in [4.69, 9.17) is 0 Å². The van der Waals surface area contributed by atoms with E-state index in [2.05, 4.69) is 29.3 Å². The maximum Gasteiger partial charge on any atom is 0.255 e. The summed E-state index contributed by atoms with van der Waals surface area (Å²) in [6, 6.07) is 24.3. The second kappa shape index (κ2) is 11.5. The molecule has 7 heteroatoms. The predicted octanol–water partition coefficient (Wildman–Crippen LogP) is 4.67. The van der Waals surface area contributed by atoms with Gasteiger partial charge in [0, 0.05) is 18.7 Å². The van der Waals surface area contributed by atoms with Gasteiger partial charge in [-0.3, -0.25) is 14.4 Å². The van der Waals surface area contributed by atoms with Crippen molar-refractivity contribution in [2.24, 2.45) is 0 Å². The number of anilines is 1. The third kappa shape index (κ3) is 6.00. The van der Waals surface area contributed by atoms with Gasteiger partial charge in [-0.1, -0.05) is 60.7 Å². The SMILES string of the molecule is C=CCNC(=O)c1ccccc1NC(=O)c1ccc([C@H]2SCC(=O)N2CCc2ccccc2)cc1. The van der Waals surface area contributed by atoms with Gasteiger partial charge in [0.05, 0.1) is 17.0 Å². The smallest absolute Gasteiger partial charge is 0.255 e. The second-order valence-corrected chi connectivity index (χ2v) is 9.18. The average Bonchev–Trinajstić information content (AvgIpc) is 3.27. The first-order chi connectivity index (χ1) is 17.1. The zero-order chi connectivity index (χ0) is 24.6. The number of carbonyl (C=O) groups is 3. The predicted molar refractivity (Wildman–Crippen MR) is 140 cm³/mol. The molecule has 2 N–H and O–H groups in total. The molecule has 1 saturated heterocycles. The van der Waals surface area contributed by atoms with Gasteiger partial charge in [-0.05, 0) is 41.8 Å². The number of para-hydroxylation sites is 1. The highest BCUT2D eigenvalue weighted by atomic mass is 32.2. The lowest BCUT2D eigenvalue weighted by atomic mass is 10.1. The molecule has 35 heavy (non-hydrogen) atoms. The summed E-state index contributed by atoms with van der Waals surface area (Å²) >= 11 is 1.60. The summed E-state index contributed by atoms with van der Waals surface area (Å²) in [5.41, 5.74) is 3.47. The summed E-state index contributed by atoms with van der Waals surface area (Å²) in [5, 5.41) is 5.49. The van der Waals surface area contributed by atoms with Gasteiger partial charge in [0.15, 0.2) is 0 Å². The van der Waals surface area contributed by atoms with Gasteiger partial charge in [0.25, 0.3) is 11.8 Å².